The van der Waals surface area contributed by atoms with Crippen LogP contribution in [0, 0.1) is 0 Å². The summed E-state index contributed by atoms with van der Waals surface area (Å²) in [5.74, 6) is -0.0918. The van der Waals surface area contributed by atoms with E-state index in [9.17, 15) is 4.79 Å². The van der Waals surface area contributed by atoms with Crippen LogP contribution >= 0.6 is 15.9 Å². The zero-order chi connectivity index (χ0) is 14.5. The first-order valence-corrected chi connectivity index (χ1v) is 6.68. The quantitative estimate of drug-likeness (QED) is 0.903. The lowest BCUT2D eigenvalue weighted by Crippen LogP contribution is -2.01. The summed E-state index contributed by atoms with van der Waals surface area (Å²) >= 11 is 3.45. The number of benzene rings is 2. The number of halogens is 1. The number of carboxylic acids is 1. The zero-order valence-corrected chi connectivity index (χ0v) is 12.4. The average Bonchev–Trinajstić information content (AvgIpc) is 2.46. The molecule has 0 radical (unpaired) electrons. The SMILES string of the molecule is COc1cc(C(=O)O)ccc1OCc1ccccc1Br. The molecule has 0 unspecified atom stereocenters. The molecule has 0 saturated heterocycles. The van der Waals surface area contributed by atoms with Crippen molar-refractivity contribution in [3.05, 3.63) is 58.1 Å². The summed E-state index contributed by atoms with van der Waals surface area (Å²) in [5, 5.41) is 8.94. The minimum Gasteiger partial charge on any atom is -0.493 e. The van der Waals surface area contributed by atoms with Crippen LogP contribution in [0.1, 0.15) is 15.9 Å². The minimum atomic E-state index is -0.999. The molecule has 0 amide bonds. The van der Waals surface area contributed by atoms with Gasteiger partial charge in [0.05, 0.1) is 12.7 Å². The van der Waals surface area contributed by atoms with E-state index in [4.69, 9.17) is 14.6 Å². The molecule has 0 saturated carbocycles. The van der Waals surface area contributed by atoms with Crippen molar-refractivity contribution in [2.24, 2.45) is 0 Å². The van der Waals surface area contributed by atoms with E-state index in [0.717, 1.165) is 10.0 Å². The second-order valence-corrected chi connectivity index (χ2v) is 4.91. The molecule has 20 heavy (non-hydrogen) atoms. The van der Waals surface area contributed by atoms with Gasteiger partial charge >= 0.3 is 5.97 Å². The molecule has 2 aromatic rings. The van der Waals surface area contributed by atoms with E-state index in [0.29, 0.717) is 18.1 Å². The van der Waals surface area contributed by atoms with Gasteiger partial charge in [0.15, 0.2) is 11.5 Å². The molecule has 0 atom stereocenters. The van der Waals surface area contributed by atoms with Crippen molar-refractivity contribution < 1.29 is 19.4 Å². The topological polar surface area (TPSA) is 55.8 Å². The number of hydrogen-bond acceptors (Lipinski definition) is 3. The fraction of sp³-hybridized carbons (Fsp3) is 0.133. The molecule has 5 heteroatoms. The van der Waals surface area contributed by atoms with Gasteiger partial charge in [-0.05, 0) is 24.3 Å². The van der Waals surface area contributed by atoms with E-state index in [1.54, 1.807) is 6.07 Å². The van der Waals surface area contributed by atoms with Gasteiger partial charge in [-0.2, -0.15) is 0 Å². The van der Waals surface area contributed by atoms with Gasteiger partial charge in [0, 0.05) is 10.0 Å². The van der Waals surface area contributed by atoms with Crippen LogP contribution < -0.4 is 9.47 Å². The Morgan fingerprint density at radius 3 is 2.60 bits per heavy atom. The maximum Gasteiger partial charge on any atom is 0.335 e. The van der Waals surface area contributed by atoms with Crippen molar-refractivity contribution in [3.63, 3.8) is 0 Å². The van der Waals surface area contributed by atoms with Crippen LogP contribution in [0.3, 0.4) is 0 Å². The molecule has 2 rings (SSSR count). The first kappa shape index (κ1) is 14.4. The normalized spacial score (nSPS) is 10.1. The Hall–Kier alpha value is -2.01. The van der Waals surface area contributed by atoms with Crippen molar-refractivity contribution in [2.45, 2.75) is 6.61 Å². The Morgan fingerprint density at radius 1 is 1.20 bits per heavy atom. The molecule has 4 nitrogen and oxygen atoms in total. The number of carboxylic acid groups (broad SMARTS) is 1. The highest BCUT2D eigenvalue weighted by Gasteiger charge is 2.10. The van der Waals surface area contributed by atoms with Crippen molar-refractivity contribution in [1.29, 1.82) is 0 Å². The molecule has 2 aromatic carbocycles. The highest BCUT2D eigenvalue weighted by Crippen LogP contribution is 2.29. The third-order valence-corrected chi connectivity index (χ3v) is 3.53. The van der Waals surface area contributed by atoms with Crippen LogP contribution in [-0.2, 0) is 6.61 Å². The second kappa shape index (κ2) is 6.43. The fourth-order valence-electron chi connectivity index (χ4n) is 1.69. The van der Waals surface area contributed by atoms with Gasteiger partial charge < -0.3 is 14.6 Å². The molecular formula is C15H13BrO4. The average molecular weight is 337 g/mol. The summed E-state index contributed by atoms with van der Waals surface area (Å²) in [7, 11) is 1.48. The van der Waals surface area contributed by atoms with Crippen molar-refractivity contribution in [1.82, 2.24) is 0 Å². The minimum absolute atomic E-state index is 0.162. The lowest BCUT2D eigenvalue weighted by Gasteiger charge is -2.12. The monoisotopic (exact) mass is 336 g/mol. The smallest absolute Gasteiger partial charge is 0.335 e. The van der Waals surface area contributed by atoms with E-state index < -0.39 is 5.97 Å². The lowest BCUT2D eigenvalue weighted by atomic mass is 10.2. The summed E-state index contributed by atoms with van der Waals surface area (Å²) in [6.07, 6.45) is 0. The number of hydrogen-bond donors (Lipinski definition) is 1. The van der Waals surface area contributed by atoms with Gasteiger partial charge in [-0.3, -0.25) is 0 Å². The second-order valence-electron chi connectivity index (χ2n) is 4.05. The first-order chi connectivity index (χ1) is 9.61. The van der Waals surface area contributed by atoms with Crippen LogP contribution in [0.2, 0.25) is 0 Å². The Kier molecular flexibility index (Phi) is 4.63. The Labute approximate surface area is 125 Å². The standard InChI is InChI=1S/C15H13BrO4/c1-19-14-8-10(15(17)18)6-7-13(14)20-9-11-4-2-3-5-12(11)16/h2-8H,9H2,1H3,(H,17,18). The Bertz CT molecular complexity index is 625. The van der Waals surface area contributed by atoms with Crippen LogP contribution in [0.15, 0.2) is 46.9 Å². The number of rotatable bonds is 5. The summed E-state index contributed by atoms with van der Waals surface area (Å²) in [6.45, 7) is 0.365. The summed E-state index contributed by atoms with van der Waals surface area (Å²) in [6, 6.07) is 12.3. The first-order valence-electron chi connectivity index (χ1n) is 5.89. The van der Waals surface area contributed by atoms with Gasteiger partial charge in [-0.25, -0.2) is 4.79 Å². The van der Waals surface area contributed by atoms with Crippen molar-refractivity contribution >= 4 is 21.9 Å². The maximum atomic E-state index is 10.9. The van der Waals surface area contributed by atoms with Crippen LogP contribution in [0.4, 0.5) is 0 Å². The van der Waals surface area contributed by atoms with E-state index in [-0.39, 0.29) is 5.56 Å². The molecule has 0 aliphatic carbocycles. The third kappa shape index (κ3) is 3.30. The van der Waals surface area contributed by atoms with E-state index >= 15 is 0 Å². The zero-order valence-electron chi connectivity index (χ0n) is 10.8. The fourth-order valence-corrected chi connectivity index (χ4v) is 2.09. The van der Waals surface area contributed by atoms with E-state index in [2.05, 4.69) is 15.9 Å². The third-order valence-electron chi connectivity index (χ3n) is 2.75. The molecule has 0 bridgehead atoms. The molecule has 1 N–H and O–H groups in total. The molecule has 104 valence electrons. The molecule has 0 spiro atoms. The highest BCUT2D eigenvalue weighted by atomic mass is 79.9. The number of aromatic carboxylic acids is 1. The number of carbonyl (C=O) groups is 1. The predicted octanol–water partition coefficient (Wildman–Crippen LogP) is 3.73. The molecular weight excluding hydrogens is 324 g/mol. The molecule has 0 aromatic heterocycles. The molecule has 0 aliphatic heterocycles. The van der Waals surface area contributed by atoms with Gasteiger partial charge in [0.2, 0.25) is 0 Å². The maximum absolute atomic E-state index is 10.9. The molecule has 0 heterocycles. The highest BCUT2D eigenvalue weighted by molar-refractivity contribution is 9.10. The number of ether oxygens (including phenoxy) is 2. The van der Waals surface area contributed by atoms with Gasteiger partial charge in [-0.15, -0.1) is 0 Å². The molecule has 0 aliphatic rings. The summed E-state index contributed by atoms with van der Waals surface area (Å²) in [5.41, 5.74) is 1.16. The summed E-state index contributed by atoms with van der Waals surface area (Å²) < 4.78 is 11.8. The van der Waals surface area contributed by atoms with Gasteiger partial charge in [-0.1, -0.05) is 34.1 Å². The predicted molar refractivity (Wildman–Crippen MR) is 78.4 cm³/mol. The Balaban J connectivity index is 2.17. The van der Waals surface area contributed by atoms with E-state index in [1.807, 2.05) is 24.3 Å². The van der Waals surface area contributed by atoms with Gasteiger partial charge in [0.25, 0.3) is 0 Å². The molecule has 0 fully saturated rings. The van der Waals surface area contributed by atoms with Gasteiger partial charge in [0.1, 0.15) is 6.61 Å². The van der Waals surface area contributed by atoms with Crippen LogP contribution in [0.5, 0.6) is 11.5 Å². The van der Waals surface area contributed by atoms with Crippen LogP contribution in [-0.4, -0.2) is 18.2 Å². The van der Waals surface area contributed by atoms with Crippen molar-refractivity contribution in [2.75, 3.05) is 7.11 Å². The lowest BCUT2D eigenvalue weighted by molar-refractivity contribution is 0.0696. The van der Waals surface area contributed by atoms with E-state index in [1.165, 1.54) is 19.2 Å². The Morgan fingerprint density at radius 2 is 1.95 bits per heavy atom. The van der Waals surface area contributed by atoms with Crippen molar-refractivity contribution in [3.8, 4) is 11.5 Å². The van der Waals surface area contributed by atoms with Crippen LogP contribution in [0.25, 0.3) is 0 Å². The summed E-state index contributed by atoms with van der Waals surface area (Å²) in [4.78, 5) is 10.9. The largest absolute Gasteiger partial charge is 0.493 e. The number of methoxy groups -OCH3 is 1.